The summed E-state index contributed by atoms with van der Waals surface area (Å²) in [7, 11) is 0. The zero-order chi connectivity index (χ0) is 16.6. The number of rotatable bonds is 4. The Morgan fingerprint density at radius 2 is 1.83 bits per heavy atom. The third-order valence-corrected chi connectivity index (χ3v) is 7.77. The molecule has 2 bridgehead atoms. The van der Waals surface area contributed by atoms with Gasteiger partial charge in [-0.1, -0.05) is 12.8 Å². The van der Waals surface area contributed by atoms with E-state index in [0.717, 1.165) is 25.2 Å². The van der Waals surface area contributed by atoms with E-state index in [2.05, 4.69) is 32.0 Å². The molecular weight excluding hydrogens is 310 g/mol. The van der Waals surface area contributed by atoms with Crippen molar-refractivity contribution in [3.05, 3.63) is 0 Å². The molecule has 6 atom stereocenters. The molecule has 0 aromatic carbocycles. The number of piperidine rings is 1. The van der Waals surface area contributed by atoms with Crippen LogP contribution in [-0.2, 0) is 9.47 Å². The largest absolute Gasteiger partial charge is 0.369 e. The first kappa shape index (κ1) is 16.6. The molecule has 2 aliphatic carbocycles. The second-order valence-electron chi connectivity index (χ2n) is 9.51. The van der Waals surface area contributed by atoms with Crippen LogP contribution >= 0.6 is 12.8 Å². The van der Waals surface area contributed by atoms with E-state index in [4.69, 9.17) is 22.3 Å². The van der Waals surface area contributed by atoms with Crippen LogP contribution in [0.3, 0.4) is 0 Å². The molecule has 6 unspecified atom stereocenters. The monoisotopic (exact) mass is 341 g/mol. The van der Waals surface area contributed by atoms with Crippen molar-refractivity contribution >= 4 is 12.8 Å². The van der Waals surface area contributed by atoms with Gasteiger partial charge in [-0.2, -0.15) is 0 Å². The predicted molar refractivity (Wildman–Crippen MR) is 92.1 cm³/mol. The molecule has 2 saturated carbocycles. The minimum absolute atomic E-state index is 0.0310. The molecule has 0 aromatic heterocycles. The van der Waals surface area contributed by atoms with Gasteiger partial charge < -0.3 is 14.6 Å². The van der Waals surface area contributed by atoms with Gasteiger partial charge in [0.25, 0.3) is 0 Å². The molecule has 23 heavy (non-hydrogen) atoms. The molecule has 132 valence electrons. The van der Waals surface area contributed by atoms with E-state index in [1.165, 1.54) is 12.8 Å². The van der Waals surface area contributed by atoms with E-state index in [1.54, 1.807) is 0 Å². The Bertz CT molecular complexity index is 465. The summed E-state index contributed by atoms with van der Waals surface area (Å²) >= 11 is 4.69. The summed E-state index contributed by atoms with van der Waals surface area (Å²) in [5.41, 5.74) is -0.0620. The first-order chi connectivity index (χ1) is 10.7. The summed E-state index contributed by atoms with van der Waals surface area (Å²) in [6.07, 6.45) is 5.65. The number of aliphatic hydroxyl groups excluding tert-OH is 1. The Kier molecular flexibility index (Phi) is 3.87. The molecule has 0 aromatic rings. The van der Waals surface area contributed by atoms with Gasteiger partial charge in [-0.15, -0.1) is 0 Å². The Morgan fingerprint density at radius 3 is 2.39 bits per heavy atom. The molecule has 4 nitrogen and oxygen atoms in total. The van der Waals surface area contributed by atoms with Crippen molar-refractivity contribution in [3.8, 4) is 0 Å². The van der Waals surface area contributed by atoms with Gasteiger partial charge in [-0.05, 0) is 71.1 Å². The second-order valence-corrected chi connectivity index (χ2v) is 9.91. The molecule has 2 saturated heterocycles. The van der Waals surface area contributed by atoms with Crippen molar-refractivity contribution in [2.45, 2.75) is 95.5 Å². The fraction of sp³-hybridized carbons (Fsp3) is 1.00. The first-order valence-corrected chi connectivity index (χ1v) is 9.55. The highest BCUT2D eigenvalue weighted by Gasteiger charge is 2.63. The normalized spacial score (nSPS) is 45.9. The Hall–Kier alpha value is 0.190. The van der Waals surface area contributed by atoms with E-state index < -0.39 is 6.29 Å². The molecule has 2 heterocycles. The van der Waals surface area contributed by atoms with Crippen LogP contribution in [0.2, 0.25) is 0 Å². The molecule has 4 fully saturated rings. The summed E-state index contributed by atoms with van der Waals surface area (Å²) in [4.78, 5) is 0. The predicted octanol–water partition coefficient (Wildman–Crippen LogP) is 3.00. The van der Waals surface area contributed by atoms with Crippen LogP contribution in [0.1, 0.15) is 59.8 Å². The zero-order valence-electron chi connectivity index (χ0n) is 14.7. The van der Waals surface area contributed by atoms with Crippen molar-refractivity contribution in [1.29, 1.82) is 0 Å². The third kappa shape index (κ3) is 2.86. The van der Waals surface area contributed by atoms with Gasteiger partial charge >= 0.3 is 0 Å². The van der Waals surface area contributed by atoms with Crippen molar-refractivity contribution in [1.82, 2.24) is 4.31 Å². The van der Waals surface area contributed by atoms with Crippen molar-refractivity contribution < 1.29 is 14.6 Å². The SMILES string of the molecule is CC1(C)CC(OC(O)CC2CC3CC2C2OC32)CC(C)(C)N1S. The van der Waals surface area contributed by atoms with Crippen LogP contribution in [0, 0.1) is 17.8 Å². The van der Waals surface area contributed by atoms with Gasteiger partial charge in [0.2, 0.25) is 0 Å². The molecule has 4 aliphatic rings. The molecule has 5 heteroatoms. The van der Waals surface area contributed by atoms with Crippen LogP contribution in [0.25, 0.3) is 0 Å². The molecule has 0 amide bonds. The quantitative estimate of drug-likeness (QED) is 0.469. The number of ether oxygens (including phenoxy) is 2. The molecular formula is C18H31NO3S. The van der Waals surface area contributed by atoms with Crippen molar-refractivity contribution in [2.75, 3.05) is 0 Å². The number of hydrogen-bond donors (Lipinski definition) is 2. The zero-order valence-corrected chi connectivity index (χ0v) is 15.6. The minimum atomic E-state index is -0.639. The highest BCUT2D eigenvalue weighted by molar-refractivity contribution is 7.77. The molecule has 0 radical (unpaired) electrons. The number of epoxide rings is 1. The lowest BCUT2D eigenvalue weighted by molar-refractivity contribution is -0.176. The van der Waals surface area contributed by atoms with Gasteiger partial charge in [0.15, 0.2) is 6.29 Å². The van der Waals surface area contributed by atoms with Gasteiger partial charge in [0.1, 0.15) is 0 Å². The fourth-order valence-corrected chi connectivity index (χ4v) is 5.98. The number of nitrogens with zero attached hydrogens (tertiary/aromatic N) is 1. The van der Waals surface area contributed by atoms with Crippen LogP contribution in [0.4, 0.5) is 0 Å². The lowest BCUT2D eigenvalue weighted by Gasteiger charge is -2.52. The summed E-state index contributed by atoms with van der Waals surface area (Å²) in [5, 5.41) is 10.5. The molecule has 2 aliphatic heterocycles. The number of fused-ring (bicyclic) bond motifs is 5. The van der Waals surface area contributed by atoms with Crippen molar-refractivity contribution in [2.24, 2.45) is 17.8 Å². The van der Waals surface area contributed by atoms with Crippen LogP contribution in [0.15, 0.2) is 0 Å². The van der Waals surface area contributed by atoms with E-state index in [1.807, 2.05) is 0 Å². The van der Waals surface area contributed by atoms with Gasteiger partial charge in [0, 0.05) is 17.5 Å². The van der Waals surface area contributed by atoms with E-state index in [-0.39, 0.29) is 17.2 Å². The minimum Gasteiger partial charge on any atom is -0.369 e. The van der Waals surface area contributed by atoms with E-state index in [9.17, 15) is 5.11 Å². The second kappa shape index (κ2) is 5.34. The highest BCUT2D eigenvalue weighted by Crippen LogP contribution is 2.59. The number of hydrogen-bond acceptors (Lipinski definition) is 5. The van der Waals surface area contributed by atoms with Crippen molar-refractivity contribution in [3.63, 3.8) is 0 Å². The Labute approximate surface area is 145 Å². The summed E-state index contributed by atoms with van der Waals surface area (Å²) < 4.78 is 14.0. The maximum atomic E-state index is 10.5. The lowest BCUT2D eigenvalue weighted by atomic mass is 9.80. The number of thiol groups is 1. The van der Waals surface area contributed by atoms with Gasteiger partial charge in [-0.25, -0.2) is 4.31 Å². The van der Waals surface area contributed by atoms with Crippen LogP contribution in [-0.4, -0.2) is 45.1 Å². The van der Waals surface area contributed by atoms with Gasteiger partial charge in [0.05, 0.1) is 18.3 Å². The van der Waals surface area contributed by atoms with Crippen LogP contribution < -0.4 is 0 Å². The lowest BCUT2D eigenvalue weighted by Crippen LogP contribution is -2.58. The molecule has 0 spiro atoms. The standard InChI is InChI=1S/C18H31NO3S/c1-17(2)8-12(9-18(3,4)19(17)23)21-14(20)7-10-5-11-6-13(10)16-15(11)22-16/h10-16,20,23H,5-9H2,1-4H3. The molecule has 1 N–H and O–H groups in total. The topological polar surface area (TPSA) is 45.2 Å². The van der Waals surface area contributed by atoms with E-state index >= 15 is 0 Å². The smallest absolute Gasteiger partial charge is 0.155 e. The van der Waals surface area contributed by atoms with Crippen LogP contribution in [0.5, 0.6) is 0 Å². The van der Waals surface area contributed by atoms with E-state index in [0.29, 0.717) is 24.0 Å². The average molecular weight is 342 g/mol. The Morgan fingerprint density at radius 1 is 1.17 bits per heavy atom. The summed E-state index contributed by atoms with van der Waals surface area (Å²) in [6, 6.07) is 0. The average Bonchev–Trinajstić information content (AvgIpc) is 3.03. The summed E-state index contributed by atoms with van der Waals surface area (Å²) in [5.74, 6) is 2.02. The third-order valence-electron chi connectivity index (χ3n) is 6.69. The maximum absolute atomic E-state index is 10.5. The molecule has 4 rings (SSSR count). The fourth-order valence-electron chi connectivity index (χ4n) is 5.82. The first-order valence-electron chi connectivity index (χ1n) is 9.15. The number of aliphatic hydroxyl groups is 1. The van der Waals surface area contributed by atoms with Gasteiger partial charge in [-0.3, -0.25) is 0 Å². The highest BCUT2D eigenvalue weighted by atomic mass is 32.1. The summed E-state index contributed by atoms with van der Waals surface area (Å²) in [6.45, 7) is 8.79. The maximum Gasteiger partial charge on any atom is 0.155 e. The Balaban J connectivity index is 1.33.